The Labute approximate surface area is 86.6 Å². The zero-order chi connectivity index (χ0) is 10.0. The molecule has 2 rings (SSSR count). The monoisotopic (exact) mass is 198 g/mol. The zero-order valence-electron chi connectivity index (χ0n) is 9.17. The van der Waals surface area contributed by atoms with Gasteiger partial charge in [0, 0.05) is 25.2 Å². The summed E-state index contributed by atoms with van der Waals surface area (Å²) in [5.74, 6) is 0.734. The van der Waals surface area contributed by atoms with Gasteiger partial charge >= 0.3 is 0 Å². The quantitative estimate of drug-likeness (QED) is 0.727. The van der Waals surface area contributed by atoms with Crippen LogP contribution in [0.2, 0.25) is 0 Å². The van der Waals surface area contributed by atoms with E-state index in [-0.39, 0.29) is 0 Å². The molecule has 2 N–H and O–H groups in total. The summed E-state index contributed by atoms with van der Waals surface area (Å²) < 4.78 is 5.49. The minimum absolute atomic E-state index is 0.359. The van der Waals surface area contributed by atoms with E-state index >= 15 is 0 Å². The molecular formula is C11H22N2O. The molecule has 1 saturated carbocycles. The molecule has 0 radical (unpaired) electrons. The second-order valence-corrected chi connectivity index (χ2v) is 4.89. The van der Waals surface area contributed by atoms with E-state index in [1.54, 1.807) is 0 Å². The van der Waals surface area contributed by atoms with E-state index in [4.69, 9.17) is 10.5 Å². The first-order chi connectivity index (χ1) is 6.77. The van der Waals surface area contributed by atoms with Crippen LogP contribution in [0.4, 0.5) is 0 Å². The Morgan fingerprint density at radius 1 is 1.50 bits per heavy atom. The Morgan fingerprint density at radius 3 is 2.79 bits per heavy atom. The fourth-order valence-electron chi connectivity index (χ4n) is 2.42. The van der Waals surface area contributed by atoms with Crippen LogP contribution in [-0.4, -0.2) is 43.8 Å². The van der Waals surface area contributed by atoms with Gasteiger partial charge < -0.3 is 10.5 Å². The largest absolute Gasteiger partial charge is 0.381 e. The molecule has 2 fully saturated rings. The third-order valence-electron chi connectivity index (χ3n) is 3.80. The number of rotatable bonds is 4. The number of likely N-dealkylation sites (N-methyl/N-ethyl adjacent to an activating group) is 1. The Hall–Kier alpha value is -0.120. The standard InChI is InChI=1S/C11H22N2O/c1-13(11(9-12)4-5-11)7-10-3-2-6-14-8-10/h10H,2-9,12H2,1H3. The smallest absolute Gasteiger partial charge is 0.0506 e. The molecule has 14 heavy (non-hydrogen) atoms. The topological polar surface area (TPSA) is 38.5 Å². The normalized spacial score (nSPS) is 30.6. The van der Waals surface area contributed by atoms with Crippen molar-refractivity contribution in [1.29, 1.82) is 0 Å². The molecule has 0 amide bonds. The molecule has 2 aliphatic rings. The van der Waals surface area contributed by atoms with E-state index in [2.05, 4.69) is 11.9 Å². The highest BCUT2D eigenvalue weighted by molar-refractivity contribution is 5.03. The van der Waals surface area contributed by atoms with Crippen molar-refractivity contribution in [1.82, 2.24) is 4.90 Å². The third kappa shape index (κ3) is 2.10. The van der Waals surface area contributed by atoms with Crippen LogP contribution in [0.3, 0.4) is 0 Å². The molecule has 0 aromatic carbocycles. The zero-order valence-corrected chi connectivity index (χ0v) is 9.17. The van der Waals surface area contributed by atoms with Crippen molar-refractivity contribution in [3.05, 3.63) is 0 Å². The molecule has 3 heteroatoms. The average Bonchev–Trinajstić information content (AvgIpc) is 3.00. The Balaban J connectivity index is 1.78. The lowest BCUT2D eigenvalue weighted by Crippen LogP contribution is -2.43. The maximum absolute atomic E-state index is 5.80. The SMILES string of the molecule is CN(CC1CCCOC1)C1(CN)CC1. The van der Waals surface area contributed by atoms with Gasteiger partial charge in [-0.2, -0.15) is 0 Å². The number of ether oxygens (including phenoxy) is 1. The molecular weight excluding hydrogens is 176 g/mol. The molecule has 0 aromatic heterocycles. The maximum Gasteiger partial charge on any atom is 0.0506 e. The highest BCUT2D eigenvalue weighted by atomic mass is 16.5. The molecule has 82 valence electrons. The minimum Gasteiger partial charge on any atom is -0.381 e. The summed E-state index contributed by atoms with van der Waals surface area (Å²) in [5, 5.41) is 0. The van der Waals surface area contributed by atoms with Crippen molar-refractivity contribution >= 4 is 0 Å². The van der Waals surface area contributed by atoms with Crippen molar-refractivity contribution in [2.75, 3.05) is 33.4 Å². The summed E-state index contributed by atoms with van der Waals surface area (Å²) in [6.45, 7) is 3.89. The summed E-state index contributed by atoms with van der Waals surface area (Å²) in [5.41, 5.74) is 6.16. The Morgan fingerprint density at radius 2 is 2.29 bits per heavy atom. The lowest BCUT2D eigenvalue weighted by molar-refractivity contribution is 0.0345. The predicted molar refractivity (Wildman–Crippen MR) is 57.2 cm³/mol. The average molecular weight is 198 g/mol. The molecule has 0 bridgehead atoms. The molecule has 1 aliphatic carbocycles. The van der Waals surface area contributed by atoms with Gasteiger partial charge in [0.15, 0.2) is 0 Å². The summed E-state index contributed by atoms with van der Waals surface area (Å²) in [7, 11) is 2.22. The molecule has 1 aliphatic heterocycles. The maximum atomic E-state index is 5.80. The van der Waals surface area contributed by atoms with Crippen molar-refractivity contribution < 1.29 is 4.74 Å². The van der Waals surface area contributed by atoms with Gasteiger partial charge in [-0.25, -0.2) is 0 Å². The third-order valence-corrected chi connectivity index (χ3v) is 3.80. The van der Waals surface area contributed by atoms with E-state index in [1.807, 2.05) is 0 Å². The van der Waals surface area contributed by atoms with Crippen molar-refractivity contribution in [2.45, 2.75) is 31.2 Å². The van der Waals surface area contributed by atoms with Crippen LogP contribution in [0, 0.1) is 5.92 Å². The van der Waals surface area contributed by atoms with Gasteiger partial charge in [-0.15, -0.1) is 0 Å². The minimum atomic E-state index is 0.359. The van der Waals surface area contributed by atoms with Crippen molar-refractivity contribution in [2.24, 2.45) is 11.7 Å². The van der Waals surface area contributed by atoms with Crippen LogP contribution in [0.25, 0.3) is 0 Å². The molecule has 1 heterocycles. The molecule has 0 aromatic rings. The molecule has 0 spiro atoms. The van der Waals surface area contributed by atoms with Crippen molar-refractivity contribution in [3.63, 3.8) is 0 Å². The summed E-state index contributed by atoms with van der Waals surface area (Å²) in [6, 6.07) is 0. The van der Waals surface area contributed by atoms with Gasteiger partial charge in [0.05, 0.1) is 6.61 Å². The van der Waals surface area contributed by atoms with Gasteiger partial charge in [0.25, 0.3) is 0 Å². The van der Waals surface area contributed by atoms with Gasteiger partial charge in [-0.3, -0.25) is 4.90 Å². The second-order valence-electron chi connectivity index (χ2n) is 4.89. The summed E-state index contributed by atoms with van der Waals surface area (Å²) in [6.07, 6.45) is 5.13. The number of nitrogens with two attached hydrogens (primary N) is 1. The van der Waals surface area contributed by atoms with Crippen LogP contribution < -0.4 is 5.73 Å². The summed E-state index contributed by atoms with van der Waals surface area (Å²) in [4.78, 5) is 2.46. The lowest BCUT2D eigenvalue weighted by atomic mass is 10.0. The molecule has 1 atom stereocenters. The Kier molecular flexibility index (Phi) is 3.10. The van der Waals surface area contributed by atoms with Crippen LogP contribution in [-0.2, 0) is 4.74 Å². The summed E-state index contributed by atoms with van der Waals surface area (Å²) >= 11 is 0. The second kappa shape index (κ2) is 4.17. The first-order valence-electron chi connectivity index (χ1n) is 5.76. The predicted octanol–water partition coefficient (Wildman–Crippen LogP) is 0.836. The van der Waals surface area contributed by atoms with E-state index in [0.717, 1.165) is 32.2 Å². The molecule has 3 nitrogen and oxygen atoms in total. The lowest BCUT2D eigenvalue weighted by Gasteiger charge is -2.32. The van der Waals surface area contributed by atoms with Gasteiger partial charge in [0.2, 0.25) is 0 Å². The fourth-order valence-corrected chi connectivity index (χ4v) is 2.42. The number of nitrogens with zero attached hydrogens (tertiary/aromatic N) is 1. The fraction of sp³-hybridized carbons (Fsp3) is 1.00. The highest BCUT2D eigenvalue weighted by Crippen LogP contribution is 2.40. The first-order valence-corrected chi connectivity index (χ1v) is 5.76. The van der Waals surface area contributed by atoms with Gasteiger partial charge in [-0.1, -0.05) is 0 Å². The van der Waals surface area contributed by atoms with E-state index in [1.165, 1.54) is 25.7 Å². The van der Waals surface area contributed by atoms with E-state index < -0.39 is 0 Å². The van der Waals surface area contributed by atoms with E-state index in [9.17, 15) is 0 Å². The van der Waals surface area contributed by atoms with Crippen molar-refractivity contribution in [3.8, 4) is 0 Å². The highest BCUT2D eigenvalue weighted by Gasteiger charge is 2.45. The van der Waals surface area contributed by atoms with Gasteiger partial charge in [-0.05, 0) is 38.6 Å². The van der Waals surface area contributed by atoms with Gasteiger partial charge in [0.1, 0.15) is 0 Å². The van der Waals surface area contributed by atoms with Crippen LogP contribution in [0.1, 0.15) is 25.7 Å². The van der Waals surface area contributed by atoms with E-state index in [0.29, 0.717) is 5.54 Å². The van der Waals surface area contributed by atoms with Crippen LogP contribution >= 0.6 is 0 Å². The molecule has 1 unspecified atom stereocenters. The first kappa shape index (κ1) is 10.4. The number of hydrogen-bond acceptors (Lipinski definition) is 3. The Bertz CT molecular complexity index is 186. The number of hydrogen-bond donors (Lipinski definition) is 1. The molecule has 1 saturated heterocycles. The van der Waals surface area contributed by atoms with Crippen LogP contribution in [0.5, 0.6) is 0 Å². The van der Waals surface area contributed by atoms with Crippen LogP contribution in [0.15, 0.2) is 0 Å².